The van der Waals surface area contributed by atoms with Gasteiger partial charge >= 0.3 is 6.03 Å². The lowest BCUT2D eigenvalue weighted by Gasteiger charge is -2.34. The van der Waals surface area contributed by atoms with Crippen molar-refractivity contribution in [2.45, 2.75) is 26.7 Å². The molecule has 0 radical (unpaired) electrons. The SMILES string of the molecule is CCN(CC)C(=O)C1CCCN(C(=O)Nc2cccc(Cl)c2)C1. The number of urea groups is 1. The van der Waals surface area contributed by atoms with E-state index in [4.69, 9.17) is 11.6 Å². The van der Waals surface area contributed by atoms with Gasteiger partial charge in [-0.05, 0) is 44.9 Å². The molecule has 0 aliphatic carbocycles. The Morgan fingerprint density at radius 1 is 1.35 bits per heavy atom. The van der Waals surface area contributed by atoms with Gasteiger partial charge in [0.05, 0.1) is 5.92 Å². The van der Waals surface area contributed by atoms with E-state index in [1.54, 1.807) is 29.2 Å². The van der Waals surface area contributed by atoms with Crippen LogP contribution < -0.4 is 5.32 Å². The summed E-state index contributed by atoms with van der Waals surface area (Å²) in [4.78, 5) is 28.4. The summed E-state index contributed by atoms with van der Waals surface area (Å²) in [5, 5.41) is 3.43. The first-order chi connectivity index (χ1) is 11.0. The number of hydrogen-bond acceptors (Lipinski definition) is 2. The molecule has 1 fully saturated rings. The van der Waals surface area contributed by atoms with Crippen molar-refractivity contribution in [1.82, 2.24) is 9.80 Å². The lowest BCUT2D eigenvalue weighted by Crippen LogP contribution is -2.47. The standard InChI is InChI=1S/C17H24ClN3O2/c1-3-20(4-2)16(22)13-7-6-10-21(12-13)17(23)19-15-9-5-8-14(18)11-15/h5,8-9,11,13H,3-4,6-7,10,12H2,1-2H3,(H,19,23). The van der Waals surface area contributed by atoms with Crippen molar-refractivity contribution < 1.29 is 9.59 Å². The van der Waals surface area contributed by atoms with Gasteiger partial charge < -0.3 is 15.1 Å². The molecule has 1 saturated heterocycles. The zero-order valence-electron chi connectivity index (χ0n) is 13.7. The molecule has 0 aromatic heterocycles. The number of anilines is 1. The Balaban J connectivity index is 1.97. The second-order valence-corrected chi connectivity index (χ2v) is 6.17. The van der Waals surface area contributed by atoms with Gasteiger partial charge in [0.25, 0.3) is 0 Å². The van der Waals surface area contributed by atoms with Crippen molar-refractivity contribution in [3.63, 3.8) is 0 Å². The molecule has 5 nitrogen and oxygen atoms in total. The fourth-order valence-corrected chi connectivity index (χ4v) is 3.12. The number of hydrogen-bond donors (Lipinski definition) is 1. The van der Waals surface area contributed by atoms with E-state index in [2.05, 4.69) is 5.32 Å². The summed E-state index contributed by atoms with van der Waals surface area (Å²) >= 11 is 5.93. The molecule has 1 aliphatic heterocycles. The van der Waals surface area contributed by atoms with Crippen molar-refractivity contribution in [1.29, 1.82) is 0 Å². The Labute approximate surface area is 142 Å². The predicted octanol–water partition coefficient (Wildman–Crippen LogP) is 3.45. The second-order valence-electron chi connectivity index (χ2n) is 5.74. The average molecular weight is 338 g/mol. The largest absolute Gasteiger partial charge is 0.343 e. The fourth-order valence-electron chi connectivity index (χ4n) is 2.93. The number of amides is 3. The van der Waals surface area contributed by atoms with Crippen LogP contribution in [0.2, 0.25) is 5.02 Å². The summed E-state index contributed by atoms with van der Waals surface area (Å²) in [6.45, 7) is 6.53. The molecule has 2 rings (SSSR count). The Morgan fingerprint density at radius 3 is 2.74 bits per heavy atom. The molecule has 3 amide bonds. The number of nitrogens with zero attached hydrogens (tertiary/aromatic N) is 2. The average Bonchev–Trinajstić information content (AvgIpc) is 2.56. The third kappa shape index (κ3) is 4.61. The first-order valence-electron chi connectivity index (χ1n) is 8.15. The van der Waals surface area contributed by atoms with Gasteiger partial charge in [-0.25, -0.2) is 4.79 Å². The molecular weight excluding hydrogens is 314 g/mol. The van der Waals surface area contributed by atoms with Crippen LogP contribution in [0.3, 0.4) is 0 Å². The van der Waals surface area contributed by atoms with E-state index in [1.165, 1.54) is 0 Å². The summed E-state index contributed by atoms with van der Waals surface area (Å²) in [7, 11) is 0. The van der Waals surface area contributed by atoms with Gasteiger partial charge in [-0.1, -0.05) is 17.7 Å². The zero-order valence-corrected chi connectivity index (χ0v) is 14.5. The molecular formula is C17H24ClN3O2. The highest BCUT2D eigenvalue weighted by molar-refractivity contribution is 6.30. The van der Waals surface area contributed by atoms with Crippen LogP contribution in [0.15, 0.2) is 24.3 Å². The smallest absolute Gasteiger partial charge is 0.321 e. The molecule has 6 heteroatoms. The molecule has 23 heavy (non-hydrogen) atoms. The number of rotatable bonds is 4. The van der Waals surface area contributed by atoms with Crippen LogP contribution in [-0.4, -0.2) is 47.9 Å². The van der Waals surface area contributed by atoms with Gasteiger partial charge in [0.1, 0.15) is 0 Å². The molecule has 1 heterocycles. The van der Waals surface area contributed by atoms with Crippen LogP contribution >= 0.6 is 11.6 Å². The van der Waals surface area contributed by atoms with Crippen molar-refractivity contribution >= 4 is 29.2 Å². The Morgan fingerprint density at radius 2 is 2.09 bits per heavy atom. The molecule has 126 valence electrons. The number of piperidine rings is 1. The fraction of sp³-hybridized carbons (Fsp3) is 0.529. The van der Waals surface area contributed by atoms with E-state index in [0.29, 0.717) is 36.9 Å². The van der Waals surface area contributed by atoms with E-state index >= 15 is 0 Å². The van der Waals surface area contributed by atoms with Gasteiger partial charge in [0.15, 0.2) is 0 Å². The number of likely N-dealkylation sites (tertiary alicyclic amines) is 1. The van der Waals surface area contributed by atoms with Gasteiger partial charge in [0, 0.05) is 36.9 Å². The number of benzene rings is 1. The van der Waals surface area contributed by atoms with E-state index in [0.717, 1.165) is 12.8 Å². The topological polar surface area (TPSA) is 52.7 Å². The van der Waals surface area contributed by atoms with Crippen LogP contribution in [0.25, 0.3) is 0 Å². The molecule has 1 aliphatic rings. The van der Waals surface area contributed by atoms with Crippen LogP contribution in [0.1, 0.15) is 26.7 Å². The van der Waals surface area contributed by atoms with Crippen molar-refractivity contribution in [3.05, 3.63) is 29.3 Å². The summed E-state index contributed by atoms with van der Waals surface area (Å²) in [5.74, 6) is 0.0454. The maximum atomic E-state index is 12.5. The molecule has 1 aromatic carbocycles. The van der Waals surface area contributed by atoms with Gasteiger partial charge in [-0.15, -0.1) is 0 Å². The molecule has 0 bridgehead atoms. The highest BCUT2D eigenvalue weighted by Gasteiger charge is 2.30. The molecule has 1 aromatic rings. The van der Waals surface area contributed by atoms with E-state index in [1.807, 2.05) is 18.7 Å². The normalized spacial score (nSPS) is 17.7. The molecule has 0 saturated carbocycles. The number of carbonyl (C=O) groups is 2. The van der Waals surface area contributed by atoms with Gasteiger partial charge in [-0.2, -0.15) is 0 Å². The lowest BCUT2D eigenvalue weighted by atomic mass is 9.96. The summed E-state index contributed by atoms with van der Waals surface area (Å²) < 4.78 is 0. The monoisotopic (exact) mass is 337 g/mol. The molecule has 1 unspecified atom stereocenters. The Bertz CT molecular complexity index is 561. The Kier molecular flexibility index (Phi) is 6.28. The van der Waals surface area contributed by atoms with E-state index in [-0.39, 0.29) is 17.9 Å². The van der Waals surface area contributed by atoms with Crippen molar-refractivity contribution in [2.24, 2.45) is 5.92 Å². The first-order valence-corrected chi connectivity index (χ1v) is 8.53. The number of halogens is 1. The van der Waals surface area contributed by atoms with Gasteiger partial charge in [-0.3, -0.25) is 4.79 Å². The molecule has 1 atom stereocenters. The molecule has 0 spiro atoms. The zero-order chi connectivity index (χ0) is 16.8. The number of nitrogens with one attached hydrogen (secondary N) is 1. The third-order valence-electron chi connectivity index (χ3n) is 4.21. The minimum absolute atomic E-state index is 0.103. The van der Waals surface area contributed by atoms with E-state index < -0.39 is 0 Å². The minimum atomic E-state index is -0.177. The maximum Gasteiger partial charge on any atom is 0.321 e. The van der Waals surface area contributed by atoms with Crippen LogP contribution in [-0.2, 0) is 4.79 Å². The third-order valence-corrected chi connectivity index (χ3v) is 4.44. The highest BCUT2D eigenvalue weighted by atomic mass is 35.5. The summed E-state index contributed by atoms with van der Waals surface area (Å²) in [5.41, 5.74) is 0.666. The van der Waals surface area contributed by atoms with E-state index in [9.17, 15) is 9.59 Å². The maximum absolute atomic E-state index is 12.5. The van der Waals surface area contributed by atoms with Crippen LogP contribution in [0.5, 0.6) is 0 Å². The van der Waals surface area contributed by atoms with Crippen LogP contribution in [0, 0.1) is 5.92 Å². The quantitative estimate of drug-likeness (QED) is 0.914. The van der Waals surface area contributed by atoms with Crippen LogP contribution in [0.4, 0.5) is 10.5 Å². The van der Waals surface area contributed by atoms with Gasteiger partial charge in [0.2, 0.25) is 5.91 Å². The Hall–Kier alpha value is -1.75. The predicted molar refractivity (Wildman–Crippen MR) is 92.7 cm³/mol. The highest BCUT2D eigenvalue weighted by Crippen LogP contribution is 2.21. The summed E-state index contributed by atoms with van der Waals surface area (Å²) in [6.07, 6.45) is 1.69. The van der Waals surface area contributed by atoms with Crippen molar-refractivity contribution in [3.8, 4) is 0 Å². The second kappa shape index (κ2) is 8.20. The molecule has 1 N–H and O–H groups in total. The minimum Gasteiger partial charge on any atom is -0.343 e. The first kappa shape index (κ1) is 17.6. The summed E-state index contributed by atoms with van der Waals surface area (Å²) in [6, 6.07) is 6.88. The number of carbonyl (C=O) groups excluding carboxylic acids is 2. The lowest BCUT2D eigenvalue weighted by molar-refractivity contribution is -0.136. The van der Waals surface area contributed by atoms with Crippen molar-refractivity contribution in [2.75, 3.05) is 31.5 Å².